The number of nitrogens with zero attached hydrogens (tertiary/aromatic N) is 1. The Hall–Kier alpha value is -4.06. The largest absolute Gasteiger partial charge is 0.462 e. The van der Waals surface area contributed by atoms with Gasteiger partial charge in [0.2, 0.25) is 0 Å². The average Bonchev–Trinajstić information content (AvgIpc) is 2.99. The van der Waals surface area contributed by atoms with Crippen molar-refractivity contribution in [2.24, 2.45) is 0 Å². The zero-order valence-corrected chi connectivity index (χ0v) is 24.7. The van der Waals surface area contributed by atoms with Crippen LogP contribution in [-0.4, -0.2) is 51.0 Å². The van der Waals surface area contributed by atoms with Crippen LogP contribution < -0.4 is 10.1 Å². The molecule has 0 aliphatic heterocycles. The molecule has 0 aromatic heterocycles. The number of nitro benzene ring substituents is 1. The first kappa shape index (κ1) is 33.4. The van der Waals surface area contributed by atoms with Crippen molar-refractivity contribution in [3.8, 4) is 16.9 Å². The van der Waals surface area contributed by atoms with Crippen molar-refractivity contribution >= 4 is 46.7 Å². The molecule has 3 atom stereocenters. The maximum absolute atomic E-state index is 14.9. The number of alkyl halides is 2. The Kier molecular flexibility index (Phi) is 11.6. The second-order valence-corrected chi connectivity index (χ2v) is 10.7. The molecule has 0 aliphatic rings. The summed E-state index contributed by atoms with van der Waals surface area (Å²) in [4.78, 5) is 47.5. The fraction of sp³-hybridized carbons (Fsp3) is 0.300. The van der Waals surface area contributed by atoms with Crippen molar-refractivity contribution in [3.63, 3.8) is 0 Å². The zero-order valence-electron chi connectivity index (χ0n) is 23.2. The third-order valence-electron chi connectivity index (χ3n) is 6.69. The molecule has 3 aromatic rings. The highest BCUT2D eigenvalue weighted by Crippen LogP contribution is 2.28. The number of rotatable bonds is 13. The first-order valence-corrected chi connectivity index (χ1v) is 14.0. The molecule has 3 aromatic carbocycles. The lowest BCUT2D eigenvalue weighted by Crippen LogP contribution is -2.65. The summed E-state index contributed by atoms with van der Waals surface area (Å²) >= 11 is 11.4. The van der Waals surface area contributed by atoms with Gasteiger partial charge in [-0.05, 0) is 42.7 Å². The average molecular weight is 635 g/mol. The second-order valence-electron chi connectivity index (χ2n) is 9.62. The van der Waals surface area contributed by atoms with Crippen LogP contribution in [0.25, 0.3) is 11.1 Å². The number of carbonyl (C=O) groups excluding carboxylic acids is 3. The minimum atomic E-state index is -2.18. The number of halogens is 3. The van der Waals surface area contributed by atoms with Crippen LogP contribution in [0.5, 0.6) is 5.75 Å². The maximum Gasteiger partial charge on any atom is 0.340 e. The van der Waals surface area contributed by atoms with Gasteiger partial charge in [-0.1, -0.05) is 79.0 Å². The number of amides is 1. The van der Waals surface area contributed by atoms with E-state index in [-0.39, 0.29) is 24.3 Å². The number of nitro groups is 1. The molecule has 13 heteroatoms. The van der Waals surface area contributed by atoms with E-state index in [0.29, 0.717) is 16.7 Å². The number of hydrogen-bond donors (Lipinski definition) is 2. The third kappa shape index (κ3) is 8.28. The first-order valence-electron chi connectivity index (χ1n) is 13.2. The molecule has 0 saturated heterocycles. The van der Waals surface area contributed by atoms with Crippen molar-refractivity contribution in [2.45, 2.75) is 49.1 Å². The molecule has 0 aliphatic carbocycles. The quantitative estimate of drug-likeness (QED) is 0.0827. The van der Waals surface area contributed by atoms with Crippen molar-refractivity contribution in [1.29, 1.82) is 0 Å². The summed E-state index contributed by atoms with van der Waals surface area (Å²) in [5.74, 6) is -4.62. The van der Waals surface area contributed by atoms with Crippen molar-refractivity contribution in [1.82, 2.24) is 5.32 Å². The highest BCUT2D eigenvalue weighted by atomic mass is 35.5. The molecular formula is C30H29Cl2FN2O8. The molecule has 0 fully saturated rings. The smallest absolute Gasteiger partial charge is 0.340 e. The number of aliphatic hydroxyl groups is 1. The molecule has 3 unspecified atom stereocenters. The Balaban J connectivity index is 1.80. The van der Waals surface area contributed by atoms with Crippen molar-refractivity contribution < 1.29 is 38.3 Å². The molecule has 43 heavy (non-hydrogen) atoms. The Bertz CT molecular complexity index is 1460. The number of benzene rings is 3. The van der Waals surface area contributed by atoms with Crippen LogP contribution in [0.1, 0.15) is 38.2 Å². The van der Waals surface area contributed by atoms with E-state index in [9.17, 15) is 34.0 Å². The van der Waals surface area contributed by atoms with Gasteiger partial charge in [-0.3, -0.25) is 19.7 Å². The van der Waals surface area contributed by atoms with Gasteiger partial charge in [0.15, 0.2) is 10.4 Å². The minimum absolute atomic E-state index is 0.114. The molecule has 0 saturated carbocycles. The summed E-state index contributed by atoms with van der Waals surface area (Å²) in [5, 5.41) is 24.4. The summed E-state index contributed by atoms with van der Waals surface area (Å²) in [6, 6.07) is 17.7. The number of nitrogens with one attached hydrogen (secondary N) is 1. The van der Waals surface area contributed by atoms with Crippen LogP contribution in [0.15, 0.2) is 72.8 Å². The third-order valence-corrected chi connectivity index (χ3v) is 7.09. The van der Waals surface area contributed by atoms with Gasteiger partial charge < -0.3 is 19.9 Å². The van der Waals surface area contributed by atoms with Gasteiger partial charge >= 0.3 is 11.9 Å². The Morgan fingerprint density at radius 2 is 1.72 bits per heavy atom. The lowest BCUT2D eigenvalue weighted by atomic mass is 9.87. The number of carbonyl (C=O) groups is 3. The Morgan fingerprint density at radius 3 is 2.28 bits per heavy atom. The molecule has 0 heterocycles. The molecule has 0 radical (unpaired) electrons. The topological polar surface area (TPSA) is 145 Å². The summed E-state index contributed by atoms with van der Waals surface area (Å²) in [7, 11) is 0. The zero-order chi connectivity index (χ0) is 31.7. The number of esters is 2. The maximum atomic E-state index is 14.9. The Labute approximate surface area is 256 Å². The number of ether oxygens (including phenoxy) is 2. The van der Waals surface area contributed by atoms with E-state index >= 15 is 0 Å². The predicted octanol–water partition coefficient (Wildman–Crippen LogP) is 5.47. The van der Waals surface area contributed by atoms with E-state index in [1.54, 1.807) is 43.3 Å². The van der Waals surface area contributed by atoms with Gasteiger partial charge in [-0.25, -0.2) is 9.18 Å². The molecule has 2 N–H and O–H groups in total. The molecule has 0 spiro atoms. The highest BCUT2D eigenvalue weighted by molar-refractivity contribution is 6.53. The van der Waals surface area contributed by atoms with Crippen LogP contribution in [0.3, 0.4) is 0 Å². The lowest BCUT2D eigenvalue weighted by molar-refractivity contribution is -0.384. The molecule has 0 bridgehead atoms. The van der Waals surface area contributed by atoms with Crippen LogP contribution >= 0.6 is 23.2 Å². The van der Waals surface area contributed by atoms with Gasteiger partial charge in [0, 0.05) is 17.7 Å². The fourth-order valence-corrected chi connectivity index (χ4v) is 4.43. The molecule has 1 amide bonds. The second kappa shape index (κ2) is 14.9. The van der Waals surface area contributed by atoms with Crippen LogP contribution in [0.2, 0.25) is 0 Å². The summed E-state index contributed by atoms with van der Waals surface area (Å²) in [6.45, 7) is 2.38. The van der Waals surface area contributed by atoms with E-state index in [0.717, 1.165) is 24.3 Å². The molecule has 228 valence electrons. The lowest BCUT2D eigenvalue weighted by Gasteiger charge is -2.36. The van der Waals surface area contributed by atoms with Crippen molar-refractivity contribution in [3.05, 3.63) is 94.3 Å². The van der Waals surface area contributed by atoms with Gasteiger partial charge in [0.05, 0.1) is 10.8 Å². The number of non-ortho nitro benzene ring substituents is 1. The van der Waals surface area contributed by atoms with Crippen molar-refractivity contribution in [2.75, 3.05) is 6.61 Å². The van der Waals surface area contributed by atoms with Crippen LogP contribution in [0, 0.1) is 15.9 Å². The van der Waals surface area contributed by atoms with E-state index in [1.165, 1.54) is 13.0 Å². The van der Waals surface area contributed by atoms with Crippen LogP contribution in [-0.2, 0) is 19.1 Å². The molecule has 10 nitrogen and oxygen atoms in total. The van der Waals surface area contributed by atoms with Gasteiger partial charge in [-0.2, -0.15) is 0 Å². The summed E-state index contributed by atoms with van der Waals surface area (Å²) < 4.78 is 25.5. The molecule has 3 rings (SSSR count). The van der Waals surface area contributed by atoms with E-state index < -0.39 is 57.6 Å². The summed E-state index contributed by atoms with van der Waals surface area (Å²) in [6.07, 6.45) is -1.80. The normalized spacial score (nSPS) is 13.8. The predicted molar refractivity (Wildman–Crippen MR) is 157 cm³/mol. The minimum Gasteiger partial charge on any atom is -0.462 e. The monoisotopic (exact) mass is 634 g/mol. The van der Waals surface area contributed by atoms with E-state index in [4.69, 9.17) is 32.7 Å². The van der Waals surface area contributed by atoms with Gasteiger partial charge in [-0.15, -0.1) is 0 Å². The summed E-state index contributed by atoms with van der Waals surface area (Å²) in [5.41, 5.74) is -1.10. The van der Waals surface area contributed by atoms with Crippen LogP contribution in [0.4, 0.5) is 10.1 Å². The van der Waals surface area contributed by atoms with Gasteiger partial charge in [0.1, 0.15) is 24.3 Å². The molecular weight excluding hydrogens is 606 g/mol. The highest BCUT2D eigenvalue weighted by Gasteiger charge is 2.49. The first-order chi connectivity index (χ1) is 20.4. The SMILES string of the molecule is CCCC(NC(=O)C(Cl)Cl)(C(=O)Oc1ccc([N+](=O)[O-])cc1)C(O)COC(=O)C(C)c1ccc(-c2ccccc2)c(F)c1. The Morgan fingerprint density at radius 1 is 1.07 bits per heavy atom. The fourth-order valence-electron chi connectivity index (χ4n) is 4.32. The van der Waals surface area contributed by atoms with E-state index in [1.807, 2.05) is 6.07 Å². The van der Waals surface area contributed by atoms with Gasteiger partial charge in [0.25, 0.3) is 11.6 Å². The number of hydrogen-bond acceptors (Lipinski definition) is 8. The van der Waals surface area contributed by atoms with E-state index in [2.05, 4.69) is 5.32 Å². The number of aliphatic hydroxyl groups excluding tert-OH is 1. The standard InChI is InChI=1S/C30H29Cl2FN2O8/c1-3-15-30(34-27(37)26(31)32,29(39)43-22-12-10-21(11-13-22)35(40)41)25(36)17-42-28(38)18(2)20-9-14-23(24(33)16-20)19-7-5-4-6-8-19/h4-14,16,18,25-26,36H,3,15,17H2,1-2H3,(H,34,37).